The summed E-state index contributed by atoms with van der Waals surface area (Å²) in [7, 11) is -5.75. The maximum absolute atomic E-state index is 12.4. The molecule has 0 saturated carbocycles. The van der Waals surface area contributed by atoms with Gasteiger partial charge in [-0.1, -0.05) is 30.3 Å². The molecule has 2 heterocycles. The van der Waals surface area contributed by atoms with Crippen molar-refractivity contribution in [2.45, 2.75) is 29.9 Å². The number of ketones is 1. The zero-order valence-corrected chi connectivity index (χ0v) is 14.0. The highest BCUT2D eigenvalue weighted by atomic mass is 32.2. The van der Waals surface area contributed by atoms with E-state index in [1.165, 1.54) is 0 Å². The molecule has 26 heavy (non-hydrogen) atoms. The molecule has 3 rings (SSSR count). The molecular formula is C15H15F3O7S. The molecule has 0 aromatic heterocycles. The lowest BCUT2D eigenvalue weighted by Gasteiger charge is -2.17. The second kappa shape index (κ2) is 7.24. The molecule has 144 valence electrons. The van der Waals surface area contributed by atoms with E-state index in [4.69, 9.17) is 14.2 Å². The highest BCUT2D eigenvalue weighted by molar-refractivity contribution is 7.87. The largest absolute Gasteiger partial charge is 0.523 e. The zero-order valence-electron chi connectivity index (χ0n) is 13.2. The molecule has 11 heteroatoms. The van der Waals surface area contributed by atoms with Gasteiger partial charge in [0.1, 0.15) is 31.0 Å². The van der Waals surface area contributed by atoms with Crippen LogP contribution in [0.4, 0.5) is 13.2 Å². The Morgan fingerprint density at radius 3 is 2.27 bits per heavy atom. The number of fused-ring (bicyclic) bond motifs is 1. The monoisotopic (exact) mass is 396 g/mol. The Hall–Kier alpha value is -1.53. The SMILES string of the molecule is O=C(CO[C@H]1CO[C@H]2[C@@H]1OC[C@@H]2OS(=O)(=O)C(F)(F)F)c1ccccc1. The minimum atomic E-state index is -5.75. The van der Waals surface area contributed by atoms with E-state index < -0.39 is 46.6 Å². The summed E-state index contributed by atoms with van der Waals surface area (Å²) >= 11 is 0. The van der Waals surface area contributed by atoms with Gasteiger partial charge in [0.15, 0.2) is 5.78 Å². The summed E-state index contributed by atoms with van der Waals surface area (Å²) in [5.41, 5.74) is -5.07. The molecular weight excluding hydrogens is 381 g/mol. The zero-order chi connectivity index (χ0) is 18.9. The molecule has 0 bridgehead atoms. The van der Waals surface area contributed by atoms with Crippen LogP contribution < -0.4 is 0 Å². The van der Waals surface area contributed by atoms with Gasteiger partial charge in [-0.3, -0.25) is 8.98 Å². The van der Waals surface area contributed by atoms with Crippen molar-refractivity contribution in [3.63, 3.8) is 0 Å². The lowest BCUT2D eigenvalue weighted by Crippen LogP contribution is -2.38. The van der Waals surface area contributed by atoms with Crippen LogP contribution in [0.5, 0.6) is 0 Å². The molecule has 2 aliphatic heterocycles. The number of ether oxygens (including phenoxy) is 3. The number of halogens is 3. The van der Waals surface area contributed by atoms with Crippen LogP contribution in [-0.4, -0.2) is 63.9 Å². The van der Waals surface area contributed by atoms with Crippen LogP contribution in [0.15, 0.2) is 30.3 Å². The molecule has 2 fully saturated rings. The predicted octanol–water partition coefficient (Wildman–Crippen LogP) is 1.29. The average molecular weight is 396 g/mol. The van der Waals surface area contributed by atoms with Crippen molar-refractivity contribution < 1.29 is 44.8 Å². The Morgan fingerprint density at radius 1 is 1.08 bits per heavy atom. The molecule has 4 atom stereocenters. The Balaban J connectivity index is 1.56. The van der Waals surface area contributed by atoms with Gasteiger partial charge in [-0.15, -0.1) is 0 Å². The van der Waals surface area contributed by atoms with Crippen molar-refractivity contribution in [1.82, 2.24) is 0 Å². The Kier molecular flexibility index (Phi) is 5.35. The van der Waals surface area contributed by atoms with Crippen LogP contribution >= 0.6 is 0 Å². The molecule has 0 N–H and O–H groups in total. The van der Waals surface area contributed by atoms with Crippen molar-refractivity contribution in [2.75, 3.05) is 19.8 Å². The normalized spacial score (nSPS) is 28.9. The first-order valence-corrected chi connectivity index (χ1v) is 9.02. The molecule has 2 aliphatic rings. The fourth-order valence-corrected chi connectivity index (χ4v) is 3.36. The van der Waals surface area contributed by atoms with E-state index in [-0.39, 0.29) is 19.0 Å². The first-order valence-electron chi connectivity index (χ1n) is 7.61. The Labute approximate surface area is 147 Å². The quantitative estimate of drug-likeness (QED) is 0.407. The van der Waals surface area contributed by atoms with Gasteiger partial charge in [0.25, 0.3) is 0 Å². The average Bonchev–Trinajstić information content (AvgIpc) is 3.15. The van der Waals surface area contributed by atoms with Gasteiger partial charge in [0, 0.05) is 5.56 Å². The van der Waals surface area contributed by atoms with Gasteiger partial charge >= 0.3 is 15.6 Å². The number of hydrogen-bond donors (Lipinski definition) is 0. The fraction of sp³-hybridized carbons (Fsp3) is 0.533. The molecule has 1 aromatic carbocycles. The van der Waals surface area contributed by atoms with Crippen LogP contribution in [-0.2, 0) is 28.5 Å². The first kappa shape index (κ1) is 19.2. The Bertz CT molecular complexity index is 750. The minimum Gasteiger partial charge on any atom is -0.370 e. The first-order chi connectivity index (χ1) is 12.2. The van der Waals surface area contributed by atoms with Crippen molar-refractivity contribution in [2.24, 2.45) is 0 Å². The second-order valence-corrected chi connectivity index (χ2v) is 7.33. The maximum atomic E-state index is 12.4. The van der Waals surface area contributed by atoms with E-state index in [1.54, 1.807) is 30.3 Å². The fourth-order valence-electron chi connectivity index (χ4n) is 2.76. The number of benzene rings is 1. The third-order valence-corrected chi connectivity index (χ3v) is 5.09. The van der Waals surface area contributed by atoms with E-state index in [1.807, 2.05) is 0 Å². The van der Waals surface area contributed by atoms with Crippen LogP contribution in [0.3, 0.4) is 0 Å². The van der Waals surface area contributed by atoms with Crippen molar-refractivity contribution in [3.8, 4) is 0 Å². The van der Waals surface area contributed by atoms with Gasteiger partial charge in [0.2, 0.25) is 0 Å². The summed E-state index contributed by atoms with van der Waals surface area (Å²) in [5.74, 6) is -0.278. The lowest BCUT2D eigenvalue weighted by atomic mass is 10.1. The summed E-state index contributed by atoms with van der Waals surface area (Å²) in [5, 5.41) is 0. The maximum Gasteiger partial charge on any atom is 0.523 e. The number of hydrogen-bond acceptors (Lipinski definition) is 7. The van der Waals surface area contributed by atoms with Crippen LogP contribution in [0.1, 0.15) is 10.4 Å². The van der Waals surface area contributed by atoms with Crippen LogP contribution in [0.2, 0.25) is 0 Å². The molecule has 2 saturated heterocycles. The summed E-state index contributed by atoms with van der Waals surface area (Å²) < 4.78 is 79.7. The summed E-state index contributed by atoms with van der Waals surface area (Å²) in [6, 6.07) is 8.40. The van der Waals surface area contributed by atoms with E-state index in [0.717, 1.165) is 0 Å². The van der Waals surface area contributed by atoms with E-state index >= 15 is 0 Å². The van der Waals surface area contributed by atoms with Crippen molar-refractivity contribution >= 4 is 15.9 Å². The van der Waals surface area contributed by atoms with Crippen molar-refractivity contribution in [1.29, 1.82) is 0 Å². The van der Waals surface area contributed by atoms with Gasteiger partial charge < -0.3 is 14.2 Å². The second-order valence-electron chi connectivity index (χ2n) is 5.77. The number of carbonyl (C=O) groups excluding carboxylic acids is 1. The van der Waals surface area contributed by atoms with Crippen LogP contribution in [0.25, 0.3) is 0 Å². The topological polar surface area (TPSA) is 88.1 Å². The predicted molar refractivity (Wildman–Crippen MR) is 79.8 cm³/mol. The number of carbonyl (C=O) groups is 1. The molecule has 0 unspecified atom stereocenters. The molecule has 0 radical (unpaired) electrons. The highest BCUT2D eigenvalue weighted by Crippen LogP contribution is 2.34. The molecule has 0 aliphatic carbocycles. The van der Waals surface area contributed by atoms with Gasteiger partial charge in [-0.05, 0) is 0 Å². The van der Waals surface area contributed by atoms with Crippen molar-refractivity contribution in [3.05, 3.63) is 35.9 Å². The van der Waals surface area contributed by atoms with E-state index in [0.29, 0.717) is 5.56 Å². The highest BCUT2D eigenvalue weighted by Gasteiger charge is 2.55. The minimum absolute atomic E-state index is 0.0523. The molecule has 0 spiro atoms. The van der Waals surface area contributed by atoms with Gasteiger partial charge in [-0.25, -0.2) is 0 Å². The number of Topliss-reactive ketones (excluding diaryl/α,β-unsaturated/α-hetero) is 1. The molecule has 1 aromatic rings. The molecule has 0 amide bonds. The van der Waals surface area contributed by atoms with Gasteiger partial charge in [0.05, 0.1) is 13.2 Å². The van der Waals surface area contributed by atoms with Crippen LogP contribution in [0, 0.1) is 0 Å². The van der Waals surface area contributed by atoms with E-state index in [2.05, 4.69) is 4.18 Å². The van der Waals surface area contributed by atoms with E-state index in [9.17, 15) is 26.4 Å². The summed E-state index contributed by atoms with van der Waals surface area (Å²) in [6.45, 7) is -0.711. The molecule has 7 nitrogen and oxygen atoms in total. The summed E-state index contributed by atoms with van der Waals surface area (Å²) in [4.78, 5) is 12.0. The number of alkyl halides is 3. The smallest absolute Gasteiger partial charge is 0.370 e. The lowest BCUT2D eigenvalue weighted by molar-refractivity contribution is -0.0636. The standard InChI is InChI=1S/C15H15F3O7S/c16-15(17,18)26(20,21)25-12-8-24-13-11(7-23-14(12)13)22-6-10(19)9-4-2-1-3-5-9/h1-5,11-14H,6-8H2/t11-,12-,13+,14+/m0/s1. The third kappa shape index (κ3) is 3.91. The Morgan fingerprint density at radius 2 is 1.65 bits per heavy atom. The summed E-state index contributed by atoms with van der Waals surface area (Å²) in [6.07, 6.45) is -3.98. The number of rotatable bonds is 6. The third-order valence-electron chi connectivity index (χ3n) is 4.02. The van der Waals surface area contributed by atoms with Gasteiger partial charge in [-0.2, -0.15) is 21.6 Å².